The molecule has 0 aromatic heterocycles. The summed E-state index contributed by atoms with van der Waals surface area (Å²) in [5.41, 5.74) is -0.552. The Morgan fingerprint density at radius 3 is 2.50 bits per heavy atom. The molecule has 0 bridgehead atoms. The highest BCUT2D eigenvalue weighted by Gasteiger charge is 2.35. The molecule has 1 unspecified atom stereocenters. The van der Waals surface area contributed by atoms with Crippen LogP contribution in [0.25, 0.3) is 0 Å². The van der Waals surface area contributed by atoms with Crippen LogP contribution in [0.4, 0.5) is 4.79 Å². The number of hydrogen-bond acceptors (Lipinski definition) is 3. The second kappa shape index (κ2) is 6.92. The van der Waals surface area contributed by atoms with E-state index in [1.807, 2.05) is 0 Å². The van der Waals surface area contributed by atoms with Crippen LogP contribution in [0.1, 0.15) is 46.5 Å². The molecule has 6 heteroatoms. The van der Waals surface area contributed by atoms with Crippen molar-refractivity contribution < 1.29 is 19.8 Å². The van der Waals surface area contributed by atoms with E-state index in [9.17, 15) is 14.7 Å². The van der Waals surface area contributed by atoms with Crippen LogP contribution in [-0.2, 0) is 4.79 Å². The third-order valence-corrected chi connectivity index (χ3v) is 3.73. The van der Waals surface area contributed by atoms with Crippen molar-refractivity contribution in [3.05, 3.63) is 0 Å². The predicted octanol–water partition coefficient (Wildman–Crippen LogP) is 1.43. The van der Waals surface area contributed by atoms with Crippen molar-refractivity contribution in [3.63, 3.8) is 0 Å². The molecule has 1 aliphatic rings. The zero-order chi connectivity index (χ0) is 15.3. The number of nitrogens with zero attached hydrogens (tertiary/aromatic N) is 1. The quantitative estimate of drug-likeness (QED) is 0.729. The van der Waals surface area contributed by atoms with Gasteiger partial charge in [-0.25, -0.2) is 9.59 Å². The smallest absolute Gasteiger partial charge is 0.326 e. The standard InChI is InChI=1S/C14H26N2O4/c1-14(2,3)11(12(18)19)15-13(20)16-8-5-4-6-10(16)7-9-17/h10-11,17H,4-9H2,1-3H3,(H,15,20)(H,18,19)/t10?,11-/m0/s1. The van der Waals surface area contributed by atoms with Gasteiger partial charge in [-0.1, -0.05) is 20.8 Å². The number of hydrogen-bond donors (Lipinski definition) is 3. The van der Waals surface area contributed by atoms with Crippen molar-refractivity contribution in [3.8, 4) is 0 Å². The van der Waals surface area contributed by atoms with Crippen molar-refractivity contribution in [2.45, 2.75) is 58.5 Å². The molecule has 0 aliphatic carbocycles. The number of nitrogens with one attached hydrogen (secondary N) is 1. The fourth-order valence-corrected chi connectivity index (χ4v) is 2.57. The SMILES string of the molecule is CC(C)(C)[C@@H](NC(=O)N1CCCCC1CCO)C(=O)O. The van der Waals surface area contributed by atoms with Crippen LogP contribution in [0.3, 0.4) is 0 Å². The number of carboxylic acids is 1. The van der Waals surface area contributed by atoms with E-state index in [4.69, 9.17) is 5.11 Å². The molecule has 0 aromatic carbocycles. The lowest BCUT2D eigenvalue weighted by atomic mass is 9.87. The first-order chi connectivity index (χ1) is 9.27. The van der Waals surface area contributed by atoms with Gasteiger partial charge >= 0.3 is 12.0 Å². The Balaban J connectivity index is 2.74. The van der Waals surface area contributed by atoms with Gasteiger partial charge in [0.15, 0.2) is 0 Å². The van der Waals surface area contributed by atoms with Gasteiger partial charge in [-0.05, 0) is 31.1 Å². The van der Waals surface area contributed by atoms with Crippen LogP contribution in [0.2, 0.25) is 0 Å². The fourth-order valence-electron chi connectivity index (χ4n) is 2.57. The molecular weight excluding hydrogens is 260 g/mol. The van der Waals surface area contributed by atoms with Gasteiger partial charge in [0.2, 0.25) is 0 Å². The summed E-state index contributed by atoms with van der Waals surface area (Å²) in [6, 6.07) is -1.26. The van der Waals surface area contributed by atoms with E-state index in [1.54, 1.807) is 25.7 Å². The highest BCUT2D eigenvalue weighted by Crippen LogP contribution is 2.22. The lowest BCUT2D eigenvalue weighted by molar-refractivity contribution is -0.142. The lowest BCUT2D eigenvalue weighted by Gasteiger charge is -2.37. The summed E-state index contributed by atoms with van der Waals surface area (Å²) in [6.07, 6.45) is 3.36. The molecule has 2 atom stereocenters. The van der Waals surface area contributed by atoms with Gasteiger partial charge in [-0.3, -0.25) is 0 Å². The van der Waals surface area contributed by atoms with Crippen molar-refractivity contribution in [2.24, 2.45) is 5.41 Å². The lowest BCUT2D eigenvalue weighted by Crippen LogP contribution is -2.56. The first-order valence-electron chi connectivity index (χ1n) is 7.18. The van der Waals surface area contributed by atoms with Gasteiger partial charge in [0.25, 0.3) is 0 Å². The highest BCUT2D eigenvalue weighted by molar-refractivity contribution is 5.83. The molecule has 2 amide bonds. The Hall–Kier alpha value is -1.30. The average Bonchev–Trinajstić information content (AvgIpc) is 2.35. The normalized spacial score (nSPS) is 21.4. The molecule has 0 saturated carbocycles. The van der Waals surface area contributed by atoms with E-state index >= 15 is 0 Å². The van der Waals surface area contributed by atoms with Gasteiger partial charge < -0.3 is 20.4 Å². The van der Waals surface area contributed by atoms with Gasteiger partial charge in [0.1, 0.15) is 6.04 Å². The van der Waals surface area contributed by atoms with E-state index in [2.05, 4.69) is 5.32 Å². The third-order valence-electron chi connectivity index (χ3n) is 3.73. The first kappa shape index (κ1) is 16.8. The number of urea groups is 1. The zero-order valence-corrected chi connectivity index (χ0v) is 12.6. The number of amides is 2. The van der Waals surface area contributed by atoms with Gasteiger partial charge in [-0.15, -0.1) is 0 Å². The van der Waals surface area contributed by atoms with Crippen LogP contribution in [-0.4, -0.2) is 52.3 Å². The number of carbonyl (C=O) groups excluding carboxylic acids is 1. The first-order valence-corrected chi connectivity index (χ1v) is 7.18. The molecular formula is C14H26N2O4. The summed E-state index contributed by atoms with van der Waals surface area (Å²) in [7, 11) is 0. The molecule has 0 spiro atoms. The van der Waals surface area contributed by atoms with Crippen molar-refractivity contribution in [1.29, 1.82) is 0 Å². The average molecular weight is 286 g/mol. The van der Waals surface area contributed by atoms with Gasteiger partial charge in [0.05, 0.1) is 0 Å². The van der Waals surface area contributed by atoms with Gasteiger partial charge in [-0.2, -0.15) is 0 Å². The molecule has 1 aliphatic heterocycles. The van der Waals surface area contributed by atoms with Crippen LogP contribution < -0.4 is 5.32 Å². The zero-order valence-electron chi connectivity index (χ0n) is 12.6. The van der Waals surface area contributed by atoms with E-state index in [0.717, 1.165) is 19.3 Å². The molecule has 1 heterocycles. The van der Waals surface area contributed by atoms with Crippen LogP contribution in [0.15, 0.2) is 0 Å². The minimum absolute atomic E-state index is 0.00293. The third kappa shape index (κ3) is 4.37. The Labute approximate surface area is 120 Å². The summed E-state index contributed by atoms with van der Waals surface area (Å²) in [4.78, 5) is 25.3. The maximum Gasteiger partial charge on any atom is 0.326 e. The molecule has 0 aromatic rings. The summed E-state index contributed by atoms with van der Waals surface area (Å²) in [6.45, 7) is 6.01. The van der Waals surface area contributed by atoms with Crippen molar-refractivity contribution in [1.82, 2.24) is 10.2 Å². The summed E-state index contributed by atoms with van der Waals surface area (Å²) in [5, 5.41) is 20.9. The molecule has 1 fully saturated rings. The van der Waals surface area contributed by atoms with E-state index in [-0.39, 0.29) is 18.7 Å². The highest BCUT2D eigenvalue weighted by atomic mass is 16.4. The minimum atomic E-state index is -1.03. The van der Waals surface area contributed by atoms with Crippen LogP contribution in [0, 0.1) is 5.41 Å². The fraction of sp³-hybridized carbons (Fsp3) is 0.857. The Bertz CT molecular complexity index is 350. The van der Waals surface area contributed by atoms with Crippen molar-refractivity contribution >= 4 is 12.0 Å². The summed E-state index contributed by atoms with van der Waals surface area (Å²) >= 11 is 0. The topological polar surface area (TPSA) is 89.9 Å². The summed E-state index contributed by atoms with van der Waals surface area (Å²) < 4.78 is 0. The molecule has 3 N–H and O–H groups in total. The molecule has 1 rings (SSSR count). The monoisotopic (exact) mass is 286 g/mol. The van der Waals surface area contributed by atoms with E-state index in [0.29, 0.717) is 13.0 Å². The maximum atomic E-state index is 12.3. The van der Waals surface area contributed by atoms with E-state index < -0.39 is 17.4 Å². The van der Waals surface area contributed by atoms with Gasteiger partial charge in [0, 0.05) is 19.2 Å². The number of rotatable bonds is 4. The minimum Gasteiger partial charge on any atom is -0.480 e. The Morgan fingerprint density at radius 1 is 1.35 bits per heavy atom. The number of aliphatic hydroxyl groups is 1. The molecule has 20 heavy (non-hydrogen) atoms. The molecule has 1 saturated heterocycles. The van der Waals surface area contributed by atoms with Crippen LogP contribution >= 0.6 is 0 Å². The number of likely N-dealkylation sites (tertiary alicyclic amines) is 1. The summed E-state index contributed by atoms with van der Waals surface area (Å²) in [5.74, 6) is -1.03. The largest absolute Gasteiger partial charge is 0.480 e. The molecule has 116 valence electrons. The number of aliphatic hydroxyl groups excluding tert-OH is 1. The Morgan fingerprint density at radius 2 is 2.00 bits per heavy atom. The second-order valence-electron chi connectivity index (χ2n) is 6.44. The van der Waals surface area contributed by atoms with E-state index in [1.165, 1.54) is 0 Å². The van der Waals surface area contributed by atoms with Crippen molar-refractivity contribution in [2.75, 3.05) is 13.2 Å². The number of piperidine rings is 1. The number of carboxylic acid groups (broad SMARTS) is 1. The predicted molar refractivity (Wildman–Crippen MR) is 75.5 cm³/mol. The molecule has 0 radical (unpaired) electrons. The van der Waals surface area contributed by atoms with Crippen LogP contribution in [0.5, 0.6) is 0 Å². The Kier molecular flexibility index (Phi) is 5.80. The second-order valence-corrected chi connectivity index (χ2v) is 6.44. The number of aliphatic carboxylic acids is 1. The number of carbonyl (C=O) groups is 2. The maximum absolute atomic E-state index is 12.3. The molecule has 6 nitrogen and oxygen atoms in total.